The summed E-state index contributed by atoms with van der Waals surface area (Å²) in [5, 5.41) is 6.41. The minimum absolute atomic E-state index is 0.232. The molecular formula is C13H13FIN3. The summed E-state index contributed by atoms with van der Waals surface area (Å²) >= 11 is 2.10. The lowest BCUT2D eigenvalue weighted by molar-refractivity contribution is 0.627. The van der Waals surface area contributed by atoms with Crippen molar-refractivity contribution in [3.63, 3.8) is 0 Å². The molecule has 18 heavy (non-hydrogen) atoms. The molecule has 0 atom stereocenters. The topological polar surface area (TPSA) is 37.0 Å². The maximum absolute atomic E-state index is 13.0. The van der Waals surface area contributed by atoms with Gasteiger partial charge < -0.3 is 10.6 Å². The number of anilines is 3. The van der Waals surface area contributed by atoms with E-state index in [-0.39, 0.29) is 5.82 Å². The van der Waals surface area contributed by atoms with E-state index in [9.17, 15) is 4.39 Å². The molecule has 0 saturated carbocycles. The van der Waals surface area contributed by atoms with Crippen molar-refractivity contribution in [2.24, 2.45) is 0 Å². The molecule has 2 rings (SSSR count). The zero-order valence-electron chi connectivity index (χ0n) is 9.87. The van der Waals surface area contributed by atoms with Gasteiger partial charge in [-0.2, -0.15) is 0 Å². The average molecular weight is 357 g/mol. The fraction of sp³-hybridized carbons (Fsp3) is 0.154. The van der Waals surface area contributed by atoms with Gasteiger partial charge in [0.05, 0.1) is 29.5 Å². The molecule has 94 valence electrons. The summed E-state index contributed by atoms with van der Waals surface area (Å²) in [6.07, 6.45) is 3.50. The van der Waals surface area contributed by atoms with Crippen LogP contribution in [0.3, 0.4) is 0 Å². The third-order valence-electron chi connectivity index (χ3n) is 2.33. The molecular weight excluding hydrogens is 344 g/mol. The molecule has 0 aliphatic rings. The van der Waals surface area contributed by atoms with Gasteiger partial charge in [0, 0.05) is 10.1 Å². The third kappa shape index (κ3) is 3.32. The van der Waals surface area contributed by atoms with Crippen LogP contribution in [0.15, 0.2) is 36.7 Å². The molecule has 0 fully saturated rings. The Morgan fingerprint density at radius 3 is 2.72 bits per heavy atom. The third-order valence-corrected chi connectivity index (χ3v) is 3.22. The summed E-state index contributed by atoms with van der Waals surface area (Å²) in [6, 6.07) is 6.61. The van der Waals surface area contributed by atoms with Gasteiger partial charge in [-0.1, -0.05) is 0 Å². The number of pyridine rings is 1. The van der Waals surface area contributed by atoms with Gasteiger partial charge in [-0.05, 0) is 53.8 Å². The van der Waals surface area contributed by atoms with E-state index < -0.39 is 0 Å². The maximum atomic E-state index is 13.0. The fourth-order valence-electron chi connectivity index (χ4n) is 1.56. The van der Waals surface area contributed by atoms with Crippen LogP contribution in [0.2, 0.25) is 0 Å². The first-order valence-electron chi connectivity index (χ1n) is 5.60. The molecule has 0 bridgehead atoms. The van der Waals surface area contributed by atoms with Gasteiger partial charge in [-0.25, -0.2) is 4.39 Å². The number of rotatable bonds is 4. The van der Waals surface area contributed by atoms with Crippen LogP contribution in [-0.2, 0) is 0 Å². The van der Waals surface area contributed by atoms with E-state index in [4.69, 9.17) is 0 Å². The largest absolute Gasteiger partial charge is 0.384 e. The molecule has 1 aromatic heterocycles. The van der Waals surface area contributed by atoms with Gasteiger partial charge in [0.2, 0.25) is 0 Å². The van der Waals surface area contributed by atoms with Crippen molar-refractivity contribution in [2.75, 3.05) is 17.2 Å². The first kappa shape index (κ1) is 13.1. The van der Waals surface area contributed by atoms with Gasteiger partial charge in [0.1, 0.15) is 5.82 Å². The van der Waals surface area contributed by atoms with E-state index in [0.29, 0.717) is 0 Å². The predicted molar refractivity (Wildman–Crippen MR) is 80.8 cm³/mol. The Bertz CT molecular complexity index is 546. The first-order chi connectivity index (χ1) is 8.69. The summed E-state index contributed by atoms with van der Waals surface area (Å²) in [6.45, 7) is 2.88. The smallest absolute Gasteiger partial charge is 0.124 e. The number of hydrogen-bond acceptors (Lipinski definition) is 3. The summed E-state index contributed by atoms with van der Waals surface area (Å²) in [5.74, 6) is -0.232. The zero-order valence-corrected chi connectivity index (χ0v) is 12.0. The SMILES string of the molecule is CCNc1cncc(Nc2ccc(F)cc2I)c1. The highest BCUT2D eigenvalue weighted by Gasteiger charge is 2.02. The van der Waals surface area contributed by atoms with E-state index >= 15 is 0 Å². The van der Waals surface area contributed by atoms with Crippen molar-refractivity contribution >= 4 is 39.7 Å². The highest BCUT2D eigenvalue weighted by atomic mass is 127. The molecule has 1 heterocycles. The summed E-state index contributed by atoms with van der Waals surface area (Å²) in [5.41, 5.74) is 2.70. The van der Waals surface area contributed by atoms with Crippen molar-refractivity contribution in [2.45, 2.75) is 6.92 Å². The van der Waals surface area contributed by atoms with Gasteiger partial charge in [-0.3, -0.25) is 4.98 Å². The van der Waals surface area contributed by atoms with Crippen LogP contribution >= 0.6 is 22.6 Å². The van der Waals surface area contributed by atoms with Crippen LogP contribution < -0.4 is 10.6 Å². The van der Waals surface area contributed by atoms with Gasteiger partial charge in [0.15, 0.2) is 0 Å². The number of nitrogens with one attached hydrogen (secondary N) is 2. The molecule has 0 radical (unpaired) electrons. The number of halogens is 2. The van der Waals surface area contributed by atoms with Crippen LogP contribution in [0.1, 0.15) is 6.92 Å². The fourth-order valence-corrected chi connectivity index (χ4v) is 2.17. The van der Waals surface area contributed by atoms with Crippen molar-refractivity contribution in [1.29, 1.82) is 0 Å². The molecule has 3 nitrogen and oxygen atoms in total. The van der Waals surface area contributed by atoms with E-state index in [1.54, 1.807) is 18.5 Å². The van der Waals surface area contributed by atoms with Crippen molar-refractivity contribution in [3.05, 3.63) is 46.0 Å². The Morgan fingerprint density at radius 1 is 1.22 bits per heavy atom. The second-order valence-electron chi connectivity index (χ2n) is 3.74. The zero-order chi connectivity index (χ0) is 13.0. The van der Waals surface area contributed by atoms with Crippen LogP contribution in [-0.4, -0.2) is 11.5 Å². The molecule has 0 aliphatic heterocycles. The van der Waals surface area contributed by atoms with E-state index in [0.717, 1.165) is 27.2 Å². The molecule has 0 amide bonds. The molecule has 2 N–H and O–H groups in total. The number of hydrogen-bond donors (Lipinski definition) is 2. The normalized spacial score (nSPS) is 10.2. The molecule has 0 spiro atoms. The Hall–Kier alpha value is -1.37. The Morgan fingerprint density at radius 2 is 2.00 bits per heavy atom. The van der Waals surface area contributed by atoms with E-state index in [1.165, 1.54) is 12.1 Å². The van der Waals surface area contributed by atoms with Gasteiger partial charge in [-0.15, -0.1) is 0 Å². The second kappa shape index (κ2) is 5.99. The Kier molecular flexibility index (Phi) is 4.35. The number of aromatic nitrogens is 1. The predicted octanol–water partition coefficient (Wildman–Crippen LogP) is 4.00. The maximum Gasteiger partial charge on any atom is 0.124 e. The quantitative estimate of drug-likeness (QED) is 0.813. The number of nitrogens with zero attached hydrogens (tertiary/aromatic N) is 1. The minimum Gasteiger partial charge on any atom is -0.384 e. The number of benzene rings is 1. The van der Waals surface area contributed by atoms with Crippen LogP contribution in [0, 0.1) is 9.39 Å². The monoisotopic (exact) mass is 357 g/mol. The highest BCUT2D eigenvalue weighted by molar-refractivity contribution is 14.1. The van der Waals surface area contributed by atoms with Crippen molar-refractivity contribution < 1.29 is 4.39 Å². The minimum atomic E-state index is -0.232. The standard InChI is InChI=1S/C13H13FIN3/c1-2-17-10-6-11(8-16-7-10)18-13-4-3-9(14)5-12(13)15/h3-8,17-18H,2H2,1H3. The van der Waals surface area contributed by atoms with Gasteiger partial charge >= 0.3 is 0 Å². The lowest BCUT2D eigenvalue weighted by Crippen LogP contribution is -1.99. The second-order valence-corrected chi connectivity index (χ2v) is 4.90. The molecule has 5 heteroatoms. The average Bonchev–Trinajstić information content (AvgIpc) is 2.34. The molecule has 0 unspecified atom stereocenters. The van der Waals surface area contributed by atoms with E-state index in [2.05, 4.69) is 38.2 Å². The molecule has 0 saturated heterocycles. The highest BCUT2D eigenvalue weighted by Crippen LogP contribution is 2.24. The van der Waals surface area contributed by atoms with E-state index in [1.807, 2.05) is 13.0 Å². The Balaban J connectivity index is 2.20. The summed E-state index contributed by atoms with van der Waals surface area (Å²) < 4.78 is 13.8. The van der Waals surface area contributed by atoms with Crippen molar-refractivity contribution in [1.82, 2.24) is 4.98 Å². The van der Waals surface area contributed by atoms with Crippen LogP contribution in [0.4, 0.5) is 21.5 Å². The van der Waals surface area contributed by atoms with Gasteiger partial charge in [0.25, 0.3) is 0 Å². The van der Waals surface area contributed by atoms with Crippen LogP contribution in [0.25, 0.3) is 0 Å². The summed E-state index contributed by atoms with van der Waals surface area (Å²) in [7, 11) is 0. The lowest BCUT2D eigenvalue weighted by atomic mass is 10.3. The lowest BCUT2D eigenvalue weighted by Gasteiger charge is -2.10. The molecule has 0 aliphatic carbocycles. The Labute approximate surface area is 119 Å². The summed E-state index contributed by atoms with van der Waals surface area (Å²) in [4.78, 5) is 4.15. The van der Waals surface area contributed by atoms with Crippen LogP contribution in [0.5, 0.6) is 0 Å². The first-order valence-corrected chi connectivity index (χ1v) is 6.68. The van der Waals surface area contributed by atoms with Crippen molar-refractivity contribution in [3.8, 4) is 0 Å². The molecule has 1 aromatic carbocycles. The molecule has 2 aromatic rings.